The van der Waals surface area contributed by atoms with E-state index in [9.17, 15) is 38.4 Å². The zero-order chi connectivity index (χ0) is 55.7. The van der Waals surface area contributed by atoms with Gasteiger partial charge in [0.25, 0.3) is 0 Å². The van der Waals surface area contributed by atoms with Gasteiger partial charge >= 0.3 is 47.8 Å². The molecule has 4 fully saturated rings. The molecular formula is C50H62O26. The molecule has 26 heteroatoms. The quantitative estimate of drug-likeness (QED) is 0.136. The lowest BCUT2D eigenvalue weighted by Gasteiger charge is -2.44. The molecule has 0 saturated carbocycles. The lowest BCUT2D eigenvalue weighted by molar-refractivity contribution is -0.288. The van der Waals surface area contributed by atoms with Crippen molar-refractivity contribution >= 4 is 47.8 Å². The predicted molar refractivity (Wildman–Crippen MR) is 249 cm³/mol. The van der Waals surface area contributed by atoms with Crippen LogP contribution in [-0.4, -0.2) is 164 Å². The summed E-state index contributed by atoms with van der Waals surface area (Å²) in [6, 6.07) is 6.59. The molecule has 0 aliphatic carbocycles. The monoisotopic (exact) mass is 1080 g/mol. The fourth-order valence-corrected chi connectivity index (χ4v) is 9.40. The maximum Gasteiger partial charge on any atom is 0.303 e. The van der Waals surface area contributed by atoms with Crippen LogP contribution < -0.4 is 28.4 Å². The van der Waals surface area contributed by atoms with Crippen LogP contribution >= 0.6 is 0 Å². The number of rotatable bonds is 20. The Morgan fingerprint density at radius 2 is 0.684 bits per heavy atom. The van der Waals surface area contributed by atoms with Crippen molar-refractivity contribution in [2.24, 2.45) is 11.8 Å². The Labute approximate surface area is 436 Å². The maximum atomic E-state index is 12.5. The second-order valence-electron chi connectivity index (χ2n) is 17.7. The van der Waals surface area contributed by atoms with Crippen LogP contribution in [0.2, 0.25) is 0 Å². The van der Waals surface area contributed by atoms with Crippen molar-refractivity contribution < 1.29 is 124 Å². The van der Waals surface area contributed by atoms with Gasteiger partial charge in [0.1, 0.15) is 25.4 Å². The van der Waals surface area contributed by atoms with E-state index in [2.05, 4.69) is 0 Å². The van der Waals surface area contributed by atoms with Crippen LogP contribution in [0, 0.1) is 11.8 Å². The molecule has 4 heterocycles. The molecule has 0 unspecified atom stereocenters. The molecule has 76 heavy (non-hydrogen) atoms. The number of methoxy groups -OCH3 is 4. The highest BCUT2D eigenvalue weighted by atomic mass is 16.8. The van der Waals surface area contributed by atoms with Gasteiger partial charge in [0.2, 0.25) is 36.3 Å². The highest BCUT2D eigenvalue weighted by Crippen LogP contribution is 2.54. The predicted octanol–water partition coefficient (Wildman–Crippen LogP) is 2.72. The Kier molecular flexibility index (Phi) is 19.6. The first-order chi connectivity index (χ1) is 36.1. The summed E-state index contributed by atoms with van der Waals surface area (Å²) in [6.07, 6.45) is -16.0. The highest BCUT2D eigenvalue weighted by Gasteiger charge is 2.56. The van der Waals surface area contributed by atoms with Crippen LogP contribution in [0.1, 0.15) is 78.7 Å². The minimum atomic E-state index is -1.61. The zero-order valence-corrected chi connectivity index (χ0v) is 43.8. The standard InChI is InChI=1S/C50H62O26/c1-21(51)63-19-37-43(67-23(3)53)45(69-25(5)55)47(71-27(7)57)49(73-37)75-41-33(59-9)13-29(14-34(41)60-10)39-31-17-66-40(32(31)18-65-39)30-15-35(61-11)42(36(16-30)62-12)76-50-48(72-28(8)58)46(70-26(6)56)44(68-24(4)54)38(74-50)20-64-22(2)52/h13-16,31-32,37-40,43-50H,17-20H2,1-12H3/t31-,32-,37+,38+,39+,40+,43+,44+,45-,46-,47+,48+,49-,50-/m0/s1. The van der Waals surface area contributed by atoms with Crippen LogP contribution in [0.25, 0.3) is 0 Å². The third-order valence-corrected chi connectivity index (χ3v) is 12.3. The topological polar surface area (TPSA) is 303 Å². The average Bonchev–Trinajstić information content (AvgIpc) is 3.96. The first-order valence-corrected chi connectivity index (χ1v) is 23.8. The van der Waals surface area contributed by atoms with Crippen molar-refractivity contribution in [3.8, 4) is 34.5 Å². The van der Waals surface area contributed by atoms with Crippen molar-refractivity contribution in [1.29, 1.82) is 0 Å². The van der Waals surface area contributed by atoms with Crippen molar-refractivity contribution in [2.75, 3.05) is 54.9 Å². The Hall–Kier alpha value is -7.16. The second kappa shape index (κ2) is 25.6. The molecule has 26 nitrogen and oxygen atoms in total. The number of fused-ring (bicyclic) bond motifs is 1. The van der Waals surface area contributed by atoms with E-state index in [-0.39, 0.29) is 59.5 Å². The summed E-state index contributed by atoms with van der Waals surface area (Å²) < 4.78 is 105. The Morgan fingerprint density at radius 1 is 0.408 bits per heavy atom. The van der Waals surface area contributed by atoms with Crippen molar-refractivity contribution in [2.45, 2.75) is 129 Å². The molecular weight excluding hydrogens is 1020 g/mol. The molecule has 0 amide bonds. The molecule has 4 saturated heterocycles. The summed E-state index contributed by atoms with van der Waals surface area (Å²) in [5, 5.41) is 0. The van der Waals surface area contributed by atoms with E-state index >= 15 is 0 Å². The molecule has 0 spiro atoms. The Bertz CT molecular complexity index is 2260. The van der Waals surface area contributed by atoms with Gasteiger partial charge in [0.05, 0.1) is 53.9 Å². The smallest absolute Gasteiger partial charge is 0.303 e. The molecule has 0 radical (unpaired) electrons. The van der Waals surface area contributed by atoms with Gasteiger partial charge in [-0.3, -0.25) is 38.4 Å². The van der Waals surface area contributed by atoms with Gasteiger partial charge in [-0.2, -0.15) is 0 Å². The SMILES string of the molecule is COc1cc([C@H]2OC[C@H]3[C@@H]2CO[C@@H]3c2cc(OC)c(O[C@@H]3O[C@H](COC(C)=O)[C@@H](OC(C)=O)[C@H](OC(C)=O)[C@H]3OC(C)=O)c(OC)c2)cc(OC)c1O[C@@H]1O[C@H](COC(C)=O)[C@@H](OC(C)=O)[C@H](OC(C)=O)[C@H]1OC(C)=O. The van der Waals surface area contributed by atoms with Crippen LogP contribution in [0.3, 0.4) is 0 Å². The number of hydrogen-bond donors (Lipinski definition) is 0. The number of carbonyl (C=O) groups excluding carboxylic acids is 8. The van der Waals surface area contributed by atoms with E-state index < -0.39 is 135 Å². The molecule has 6 rings (SSSR count). The first-order valence-electron chi connectivity index (χ1n) is 23.8. The summed E-state index contributed by atoms with van der Waals surface area (Å²) in [5.41, 5.74) is 1.17. The normalized spacial score (nSPS) is 28.5. The van der Waals surface area contributed by atoms with Crippen LogP contribution in [0.4, 0.5) is 0 Å². The number of carbonyl (C=O) groups is 8. The van der Waals surface area contributed by atoms with E-state index in [1.165, 1.54) is 28.4 Å². The number of esters is 8. The number of benzene rings is 2. The van der Waals surface area contributed by atoms with Gasteiger partial charge in [-0.1, -0.05) is 0 Å². The molecule has 0 aromatic heterocycles. The fraction of sp³-hybridized carbons (Fsp3) is 0.600. The van der Waals surface area contributed by atoms with E-state index in [4.69, 9.17) is 85.3 Å². The minimum Gasteiger partial charge on any atom is -0.493 e. The third-order valence-electron chi connectivity index (χ3n) is 12.3. The lowest BCUT2D eigenvalue weighted by atomic mass is 9.84. The summed E-state index contributed by atoms with van der Waals surface area (Å²) >= 11 is 0. The Balaban J connectivity index is 1.29. The third kappa shape index (κ3) is 13.8. The molecule has 4 aliphatic rings. The maximum absolute atomic E-state index is 12.5. The van der Waals surface area contributed by atoms with Gasteiger partial charge < -0.3 is 85.3 Å². The van der Waals surface area contributed by atoms with Gasteiger partial charge in [-0.25, -0.2) is 0 Å². The summed E-state index contributed by atoms with van der Waals surface area (Å²) in [5.74, 6) is -6.53. The molecule has 0 N–H and O–H groups in total. The number of ether oxygens (including phenoxy) is 18. The zero-order valence-electron chi connectivity index (χ0n) is 43.8. The minimum absolute atomic E-state index is 0.0462. The Morgan fingerprint density at radius 3 is 0.947 bits per heavy atom. The second-order valence-corrected chi connectivity index (χ2v) is 17.7. The van der Waals surface area contributed by atoms with E-state index in [1.807, 2.05) is 0 Å². The molecule has 14 atom stereocenters. The van der Waals surface area contributed by atoms with Gasteiger partial charge in [-0.05, 0) is 35.4 Å². The molecule has 2 aromatic carbocycles. The molecule has 418 valence electrons. The first kappa shape index (κ1) is 58.1. The van der Waals surface area contributed by atoms with Gasteiger partial charge in [-0.15, -0.1) is 0 Å². The van der Waals surface area contributed by atoms with E-state index in [1.54, 1.807) is 24.3 Å². The average molecular weight is 1080 g/mol. The van der Waals surface area contributed by atoms with Crippen molar-refractivity contribution in [3.05, 3.63) is 35.4 Å². The van der Waals surface area contributed by atoms with Crippen molar-refractivity contribution in [3.63, 3.8) is 0 Å². The van der Waals surface area contributed by atoms with Crippen LogP contribution in [0.15, 0.2) is 24.3 Å². The summed E-state index contributed by atoms with van der Waals surface area (Å²) in [4.78, 5) is 98.3. The largest absolute Gasteiger partial charge is 0.493 e. The number of hydrogen-bond acceptors (Lipinski definition) is 26. The van der Waals surface area contributed by atoms with Crippen LogP contribution in [-0.2, 0) is 95.2 Å². The van der Waals surface area contributed by atoms with E-state index in [0.717, 1.165) is 55.4 Å². The van der Waals surface area contributed by atoms with Crippen LogP contribution in [0.5, 0.6) is 34.5 Å². The van der Waals surface area contributed by atoms with Gasteiger partial charge in [0, 0.05) is 67.2 Å². The van der Waals surface area contributed by atoms with Crippen molar-refractivity contribution in [1.82, 2.24) is 0 Å². The molecule has 0 bridgehead atoms. The van der Waals surface area contributed by atoms with E-state index in [0.29, 0.717) is 11.1 Å². The summed E-state index contributed by atoms with van der Waals surface area (Å²) in [7, 11) is 5.48. The van der Waals surface area contributed by atoms with Gasteiger partial charge in [0.15, 0.2) is 47.4 Å². The highest BCUT2D eigenvalue weighted by molar-refractivity contribution is 5.70. The lowest BCUT2D eigenvalue weighted by Crippen LogP contribution is -2.63. The summed E-state index contributed by atoms with van der Waals surface area (Å²) in [6.45, 7) is 8.36. The molecule has 2 aromatic rings. The fourth-order valence-electron chi connectivity index (χ4n) is 9.40. The molecule has 4 aliphatic heterocycles.